The lowest BCUT2D eigenvalue weighted by atomic mass is 9.93. The summed E-state index contributed by atoms with van der Waals surface area (Å²) in [5, 5.41) is 14.9. The van der Waals surface area contributed by atoms with Gasteiger partial charge in [-0.25, -0.2) is 13.6 Å². The minimum absolute atomic E-state index is 0.0653. The fourth-order valence-corrected chi connectivity index (χ4v) is 2.15. The molecule has 9 heteroatoms. The number of halogens is 2. The lowest BCUT2D eigenvalue weighted by Crippen LogP contribution is -2.42. The average Bonchev–Trinajstić information content (AvgIpc) is 2.92. The van der Waals surface area contributed by atoms with Crippen LogP contribution in [0.4, 0.5) is 19.4 Å². The Balaban J connectivity index is 2.11. The summed E-state index contributed by atoms with van der Waals surface area (Å²) in [7, 11) is 0. The summed E-state index contributed by atoms with van der Waals surface area (Å²) >= 11 is 0. The number of carboxylic acid groups (broad SMARTS) is 1. The van der Waals surface area contributed by atoms with Gasteiger partial charge in [-0.1, -0.05) is 25.9 Å². The number of alkyl halides is 2. The van der Waals surface area contributed by atoms with E-state index in [0.29, 0.717) is 10.7 Å². The molecule has 0 aromatic carbocycles. The maximum absolute atomic E-state index is 13.3. The molecule has 1 aromatic rings. The largest absolute Gasteiger partial charge is 0.465 e. The number of carbonyl (C=O) groups excluding carboxylic acids is 1. The predicted molar refractivity (Wildman–Crippen MR) is 71.9 cm³/mol. The highest BCUT2D eigenvalue weighted by atomic mass is 19.3. The Morgan fingerprint density at radius 2 is 2.14 bits per heavy atom. The van der Waals surface area contributed by atoms with Gasteiger partial charge in [0.25, 0.3) is 5.92 Å². The van der Waals surface area contributed by atoms with Crippen molar-refractivity contribution < 1.29 is 28.0 Å². The summed E-state index contributed by atoms with van der Waals surface area (Å²) in [6.07, 6.45) is -2.41. The molecule has 1 aliphatic rings. The molecule has 2 rings (SSSR count). The van der Waals surface area contributed by atoms with Crippen molar-refractivity contribution in [3.05, 3.63) is 11.8 Å². The van der Waals surface area contributed by atoms with E-state index in [2.05, 4.69) is 10.5 Å². The zero-order valence-electron chi connectivity index (χ0n) is 12.4. The number of likely N-dealkylation sites (tertiary alicyclic amines) is 1. The number of rotatable bonds is 2. The molecule has 0 bridgehead atoms. The smallest absolute Gasteiger partial charge is 0.408 e. The Bertz CT molecular complexity index is 594. The van der Waals surface area contributed by atoms with Gasteiger partial charge in [0.1, 0.15) is 11.8 Å². The molecule has 0 unspecified atom stereocenters. The first-order valence-electron chi connectivity index (χ1n) is 6.65. The highest BCUT2D eigenvalue weighted by molar-refractivity contribution is 5.96. The quantitative estimate of drug-likeness (QED) is 0.872. The van der Waals surface area contributed by atoms with Crippen LogP contribution >= 0.6 is 0 Å². The molecular weight excluding hydrogens is 300 g/mol. The van der Waals surface area contributed by atoms with E-state index in [0.717, 1.165) is 0 Å². The van der Waals surface area contributed by atoms with Crippen molar-refractivity contribution in [2.75, 3.05) is 11.9 Å². The molecule has 1 aromatic heterocycles. The molecule has 0 spiro atoms. The predicted octanol–water partition coefficient (Wildman–Crippen LogP) is 2.30. The molecule has 1 aliphatic heterocycles. The van der Waals surface area contributed by atoms with Gasteiger partial charge in [-0.15, -0.1) is 0 Å². The SMILES string of the molecule is CC(C)(C)c1cc(NC(=O)[C@@H]2CC(F)(F)CN2C(=O)O)no1. The Hall–Kier alpha value is -2.19. The number of hydrogen-bond acceptors (Lipinski definition) is 4. The van der Waals surface area contributed by atoms with E-state index in [1.54, 1.807) is 0 Å². The van der Waals surface area contributed by atoms with E-state index in [1.165, 1.54) is 6.07 Å². The van der Waals surface area contributed by atoms with E-state index < -0.39 is 36.9 Å². The fraction of sp³-hybridized carbons (Fsp3) is 0.615. The molecule has 7 nitrogen and oxygen atoms in total. The Kier molecular flexibility index (Phi) is 3.84. The van der Waals surface area contributed by atoms with Crippen LogP contribution in [0.1, 0.15) is 33.0 Å². The van der Waals surface area contributed by atoms with Crippen LogP contribution in [0, 0.1) is 0 Å². The minimum Gasteiger partial charge on any atom is -0.465 e. The van der Waals surface area contributed by atoms with Gasteiger partial charge in [0.05, 0.1) is 6.54 Å². The molecule has 0 aliphatic carbocycles. The lowest BCUT2D eigenvalue weighted by Gasteiger charge is -2.18. The first-order chi connectivity index (χ1) is 9.99. The normalized spacial score (nSPS) is 21.0. The third-order valence-corrected chi connectivity index (χ3v) is 3.32. The maximum Gasteiger partial charge on any atom is 0.408 e. The van der Waals surface area contributed by atoms with Crippen molar-refractivity contribution >= 4 is 17.8 Å². The monoisotopic (exact) mass is 317 g/mol. The standard InChI is InChI=1S/C13H17F2N3O4/c1-12(2,3)8-4-9(17-22-8)16-10(19)7-5-13(14,15)6-18(7)11(20)21/h4,7H,5-6H2,1-3H3,(H,20,21)(H,16,17,19)/t7-/m0/s1. The highest BCUT2D eigenvalue weighted by Gasteiger charge is 2.50. The van der Waals surface area contributed by atoms with Crippen LogP contribution in [-0.4, -0.2) is 45.7 Å². The number of nitrogens with one attached hydrogen (secondary N) is 1. The van der Waals surface area contributed by atoms with Crippen LogP contribution in [0.2, 0.25) is 0 Å². The van der Waals surface area contributed by atoms with Gasteiger partial charge in [-0.05, 0) is 0 Å². The zero-order valence-corrected chi connectivity index (χ0v) is 12.4. The third kappa shape index (κ3) is 3.34. The molecule has 2 amide bonds. The Morgan fingerprint density at radius 3 is 2.64 bits per heavy atom. The van der Waals surface area contributed by atoms with E-state index in [1.807, 2.05) is 20.8 Å². The number of hydrogen-bond donors (Lipinski definition) is 2. The lowest BCUT2D eigenvalue weighted by molar-refractivity contribution is -0.120. The van der Waals surface area contributed by atoms with Crippen LogP contribution in [-0.2, 0) is 10.2 Å². The van der Waals surface area contributed by atoms with Gasteiger partial charge in [0, 0.05) is 17.9 Å². The van der Waals surface area contributed by atoms with Crippen molar-refractivity contribution in [3.8, 4) is 0 Å². The maximum atomic E-state index is 13.3. The van der Waals surface area contributed by atoms with Crippen LogP contribution < -0.4 is 5.32 Å². The summed E-state index contributed by atoms with van der Waals surface area (Å²) in [6.45, 7) is 4.64. The van der Waals surface area contributed by atoms with Gasteiger partial charge in [-0.2, -0.15) is 0 Å². The van der Waals surface area contributed by atoms with Gasteiger partial charge in [0.2, 0.25) is 5.91 Å². The molecule has 0 saturated carbocycles. The van der Waals surface area contributed by atoms with E-state index >= 15 is 0 Å². The summed E-state index contributed by atoms with van der Waals surface area (Å²) < 4.78 is 31.8. The topological polar surface area (TPSA) is 95.7 Å². The molecule has 2 N–H and O–H groups in total. The molecule has 1 atom stereocenters. The second kappa shape index (κ2) is 5.22. The molecular formula is C13H17F2N3O4. The van der Waals surface area contributed by atoms with Crippen LogP contribution in [0.3, 0.4) is 0 Å². The minimum atomic E-state index is -3.22. The summed E-state index contributed by atoms with van der Waals surface area (Å²) in [4.78, 5) is 23.4. The van der Waals surface area contributed by atoms with Crippen molar-refractivity contribution in [1.82, 2.24) is 10.1 Å². The second-order valence-electron chi connectivity index (χ2n) is 6.30. The number of carbonyl (C=O) groups is 2. The van der Waals surface area contributed by atoms with E-state index in [9.17, 15) is 18.4 Å². The molecule has 1 fully saturated rings. The zero-order chi connectivity index (χ0) is 16.7. The summed E-state index contributed by atoms with van der Waals surface area (Å²) in [5.74, 6) is -3.50. The van der Waals surface area contributed by atoms with Crippen molar-refractivity contribution in [1.29, 1.82) is 0 Å². The van der Waals surface area contributed by atoms with Gasteiger partial charge in [0.15, 0.2) is 5.82 Å². The highest BCUT2D eigenvalue weighted by Crippen LogP contribution is 2.33. The molecule has 122 valence electrons. The second-order valence-corrected chi connectivity index (χ2v) is 6.30. The number of nitrogens with zero attached hydrogens (tertiary/aromatic N) is 2. The molecule has 22 heavy (non-hydrogen) atoms. The van der Waals surface area contributed by atoms with Crippen molar-refractivity contribution in [2.45, 2.75) is 44.6 Å². The van der Waals surface area contributed by atoms with E-state index in [-0.39, 0.29) is 11.2 Å². The average molecular weight is 317 g/mol. The Morgan fingerprint density at radius 1 is 1.50 bits per heavy atom. The summed E-state index contributed by atoms with van der Waals surface area (Å²) in [6, 6.07) is 0.0260. The van der Waals surface area contributed by atoms with Gasteiger partial charge >= 0.3 is 6.09 Å². The Labute approximate surface area is 125 Å². The molecule has 0 radical (unpaired) electrons. The number of aromatic nitrogens is 1. The van der Waals surface area contributed by atoms with Crippen molar-refractivity contribution in [2.24, 2.45) is 0 Å². The molecule has 1 saturated heterocycles. The van der Waals surface area contributed by atoms with Crippen LogP contribution in [0.15, 0.2) is 10.6 Å². The van der Waals surface area contributed by atoms with E-state index in [4.69, 9.17) is 9.63 Å². The molecule has 2 heterocycles. The van der Waals surface area contributed by atoms with Gasteiger partial charge < -0.3 is 14.9 Å². The third-order valence-electron chi connectivity index (χ3n) is 3.32. The van der Waals surface area contributed by atoms with Crippen molar-refractivity contribution in [3.63, 3.8) is 0 Å². The fourth-order valence-electron chi connectivity index (χ4n) is 2.15. The summed E-state index contributed by atoms with van der Waals surface area (Å²) in [5.41, 5.74) is -0.330. The first-order valence-corrected chi connectivity index (χ1v) is 6.65. The van der Waals surface area contributed by atoms with Crippen LogP contribution in [0.5, 0.6) is 0 Å². The van der Waals surface area contributed by atoms with Crippen LogP contribution in [0.25, 0.3) is 0 Å². The number of amides is 2. The first kappa shape index (κ1) is 16.2. The van der Waals surface area contributed by atoms with Gasteiger partial charge in [-0.3, -0.25) is 9.69 Å². The number of anilines is 1.